The van der Waals surface area contributed by atoms with Crippen molar-refractivity contribution in [2.45, 2.75) is 0 Å². The summed E-state index contributed by atoms with van der Waals surface area (Å²) in [7, 11) is 2.66. The fourth-order valence-corrected chi connectivity index (χ4v) is 7.44. The monoisotopic (exact) mass is 355 g/mol. The van der Waals surface area contributed by atoms with Gasteiger partial charge < -0.3 is 12.4 Å². The Morgan fingerprint density at radius 1 is 0.583 bits per heavy atom. The van der Waals surface area contributed by atoms with Gasteiger partial charge in [0.25, 0.3) is 0 Å². The molecule has 0 atom stereocenters. The lowest BCUT2D eigenvalue weighted by Gasteiger charge is -2.29. The molecule has 0 fully saturated rings. The van der Waals surface area contributed by atoms with Crippen LogP contribution in [-0.2, 0) is 0 Å². The smallest absolute Gasteiger partial charge is 0.126 e. The van der Waals surface area contributed by atoms with Crippen LogP contribution in [0.2, 0.25) is 0 Å². The number of benzene rings is 3. The summed E-state index contributed by atoms with van der Waals surface area (Å²) in [5.74, 6) is 0. The Kier molecular flexibility index (Phi) is 6.57. The van der Waals surface area contributed by atoms with E-state index in [9.17, 15) is 0 Å². The number of hydrogen-bond acceptors (Lipinski definition) is 1. The molecule has 3 rings (SSSR count). The van der Waals surface area contributed by atoms with Crippen molar-refractivity contribution in [1.29, 1.82) is 0 Å². The zero-order valence-electron chi connectivity index (χ0n) is 14.1. The summed E-state index contributed by atoms with van der Waals surface area (Å²) >= 11 is 0. The van der Waals surface area contributed by atoms with Crippen molar-refractivity contribution in [3.05, 3.63) is 91.0 Å². The third kappa shape index (κ3) is 3.70. The molecule has 0 amide bonds. The van der Waals surface area contributed by atoms with Crippen LogP contribution in [0.15, 0.2) is 91.0 Å². The number of rotatable bonds is 5. The van der Waals surface area contributed by atoms with Crippen molar-refractivity contribution in [2.75, 3.05) is 20.4 Å². The SMILES string of the molecule is CN(C)C[P+](c1ccccc1)(c1ccccc1)c1ccccc1.[Cl-]. The molecule has 0 radical (unpaired) electrons. The molecule has 3 heteroatoms. The summed E-state index contributed by atoms with van der Waals surface area (Å²) < 4.78 is 0. The fourth-order valence-electron chi connectivity index (χ4n) is 3.16. The highest BCUT2D eigenvalue weighted by atomic mass is 35.5. The molecule has 0 spiro atoms. The zero-order chi connectivity index (χ0) is 16.1. The highest BCUT2D eigenvalue weighted by molar-refractivity contribution is 7.95. The third-order valence-electron chi connectivity index (χ3n) is 4.09. The Labute approximate surface area is 152 Å². The number of halogens is 1. The Bertz CT molecular complexity index is 633. The zero-order valence-corrected chi connectivity index (χ0v) is 15.8. The molecular weight excluding hydrogens is 333 g/mol. The maximum Gasteiger partial charge on any atom is 0.126 e. The van der Waals surface area contributed by atoms with E-state index in [2.05, 4.69) is 110 Å². The minimum atomic E-state index is -1.68. The first-order valence-corrected chi connectivity index (χ1v) is 9.90. The summed E-state index contributed by atoms with van der Waals surface area (Å²) in [4.78, 5) is 2.32. The Morgan fingerprint density at radius 2 is 0.875 bits per heavy atom. The standard InChI is InChI=1S/C21H23NP.ClH/c1-22(2)18-23(19-12-6-3-7-13-19,20-14-8-4-9-15-20)21-16-10-5-11-17-21;/h3-17H,18H2,1-2H3;1H/q+1;/p-1. The molecule has 0 N–H and O–H groups in total. The van der Waals surface area contributed by atoms with Gasteiger partial charge >= 0.3 is 0 Å². The molecule has 3 aromatic rings. The van der Waals surface area contributed by atoms with Gasteiger partial charge in [-0.15, -0.1) is 0 Å². The van der Waals surface area contributed by atoms with Crippen molar-refractivity contribution in [3.8, 4) is 0 Å². The minimum Gasteiger partial charge on any atom is -1.00 e. The molecule has 0 aliphatic heterocycles. The van der Waals surface area contributed by atoms with Crippen LogP contribution >= 0.6 is 7.26 Å². The van der Waals surface area contributed by atoms with Crippen molar-refractivity contribution in [1.82, 2.24) is 4.90 Å². The first kappa shape index (κ1) is 18.7. The van der Waals surface area contributed by atoms with Crippen molar-refractivity contribution >= 4 is 23.2 Å². The van der Waals surface area contributed by atoms with E-state index in [-0.39, 0.29) is 12.4 Å². The molecule has 0 unspecified atom stereocenters. The van der Waals surface area contributed by atoms with E-state index in [1.165, 1.54) is 15.9 Å². The second-order valence-corrected chi connectivity index (χ2v) is 9.49. The Balaban J connectivity index is 0.00000208. The average molecular weight is 356 g/mol. The molecule has 0 heterocycles. The van der Waals surface area contributed by atoms with Crippen LogP contribution < -0.4 is 28.3 Å². The van der Waals surface area contributed by atoms with E-state index in [4.69, 9.17) is 0 Å². The Morgan fingerprint density at radius 3 is 1.12 bits per heavy atom. The Hall–Kier alpha value is -1.66. The highest BCUT2D eigenvalue weighted by Crippen LogP contribution is 2.55. The lowest BCUT2D eigenvalue weighted by Crippen LogP contribution is -3.00. The molecule has 0 aliphatic rings. The van der Waals surface area contributed by atoms with Crippen LogP contribution in [0.5, 0.6) is 0 Å². The van der Waals surface area contributed by atoms with Crippen molar-refractivity contribution < 1.29 is 12.4 Å². The molecule has 0 saturated carbocycles. The van der Waals surface area contributed by atoms with Crippen molar-refractivity contribution in [3.63, 3.8) is 0 Å². The minimum absolute atomic E-state index is 0. The lowest BCUT2D eigenvalue weighted by atomic mass is 10.4. The average Bonchev–Trinajstić information content (AvgIpc) is 2.62. The van der Waals surface area contributed by atoms with E-state index in [0.29, 0.717) is 0 Å². The molecule has 0 aliphatic carbocycles. The van der Waals surface area contributed by atoms with Gasteiger partial charge in [0, 0.05) is 0 Å². The normalized spacial score (nSPS) is 11.1. The van der Waals surface area contributed by atoms with Crippen LogP contribution in [0.25, 0.3) is 0 Å². The van der Waals surface area contributed by atoms with Gasteiger partial charge in [-0.1, -0.05) is 54.6 Å². The van der Waals surface area contributed by atoms with Crippen LogP contribution in [0.3, 0.4) is 0 Å². The maximum atomic E-state index is 2.32. The predicted molar refractivity (Wildman–Crippen MR) is 104 cm³/mol. The lowest BCUT2D eigenvalue weighted by molar-refractivity contribution is -0.00000463. The summed E-state index contributed by atoms with van der Waals surface area (Å²) in [5, 5.41) is 4.31. The molecular formula is C21H23ClNP. The van der Waals surface area contributed by atoms with Gasteiger partial charge in [0.1, 0.15) is 29.5 Å². The fraction of sp³-hybridized carbons (Fsp3) is 0.143. The second-order valence-electron chi connectivity index (χ2n) is 6.04. The van der Waals surface area contributed by atoms with Crippen LogP contribution in [0, 0.1) is 0 Å². The molecule has 24 heavy (non-hydrogen) atoms. The highest BCUT2D eigenvalue weighted by Gasteiger charge is 2.45. The van der Waals surface area contributed by atoms with Gasteiger partial charge in [0.15, 0.2) is 0 Å². The van der Waals surface area contributed by atoms with Crippen LogP contribution in [0.1, 0.15) is 0 Å². The third-order valence-corrected chi connectivity index (χ3v) is 8.61. The van der Waals surface area contributed by atoms with Crippen LogP contribution in [-0.4, -0.2) is 25.3 Å². The molecule has 124 valence electrons. The summed E-state index contributed by atoms with van der Waals surface area (Å²) in [6.07, 6.45) is 1.03. The first-order valence-electron chi connectivity index (χ1n) is 7.93. The largest absolute Gasteiger partial charge is 1.00 e. The predicted octanol–water partition coefficient (Wildman–Crippen LogP) is 0.504. The molecule has 0 saturated heterocycles. The van der Waals surface area contributed by atoms with E-state index in [1.807, 2.05) is 0 Å². The van der Waals surface area contributed by atoms with Gasteiger partial charge in [0.05, 0.1) is 0 Å². The van der Waals surface area contributed by atoms with Gasteiger partial charge in [-0.3, -0.25) is 4.90 Å². The summed E-state index contributed by atoms with van der Waals surface area (Å²) in [6.45, 7) is 0. The first-order chi connectivity index (χ1) is 11.2. The molecule has 1 nitrogen and oxygen atoms in total. The maximum absolute atomic E-state index is 2.32. The molecule has 0 bridgehead atoms. The van der Waals surface area contributed by atoms with Gasteiger partial charge in [-0.25, -0.2) is 0 Å². The quantitative estimate of drug-likeness (QED) is 0.603. The summed E-state index contributed by atoms with van der Waals surface area (Å²) in [5.41, 5.74) is 0. The van der Waals surface area contributed by atoms with E-state index >= 15 is 0 Å². The molecule has 3 aromatic carbocycles. The van der Waals surface area contributed by atoms with Gasteiger partial charge in [-0.05, 0) is 50.5 Å². The van der Waals surface area contributed by atoms with Gasteiger partial charge in [0.2, 0.25) is 0 Å². The van der Waals surface area contributed by atoms with Crippen LogP contribution in [0.4, 0.5) is 0 Å². The topological polar surface area (TPSA) is 3.24 Å². The van der Waals surface area contributed by atoms with Gasteiger partial charge in [-0.2, -0.15) is 0 Å². The van der Waals surface area contributed by atoms with E-state index in [1.54, 1.807) is 0 Å². The summed E-state index contributed by atoms with van der Waals surface area (Å²) in [6, 6.07) is 33.0. The number of hydrogen-bond donors (Lipinski definition) is 0. The number of nitrogens with zero attached hydrogens (tertiary/aromatic N) is 1. The second kappa shape index (κ2) is 8.44. The molecule has 0 aromatic heterocycles. The van der Waals surface area contributed by atoms with E-state index in [0.717, 1.165) is 6.29 Å². The van der Waals surface area contributed by atoms with Crippen molar-refractivity contribution in [2.24, 2.45) is 0 Å². The van der Waals surface area contributed by atoms with E-state index < -0.39 is 7.26 Å².